The van der Waals surface area contributed by atoms with Gasteiger partial charge < -0.3 is 10.2 Å². The number of hydrogen-bond acceptors (Lipinski definition) is 4. The molecule has 0 aliphatic heterocycles. The highest BCUT2D eigenvalue weighted by Crippen LogP contribution is 2.18. The Bertz CT molecular complexity index is 456. The Morgan fingerprint density at radius 2 is 2.25 bits per heavy atom. The third-order valence-corrected chi connectivity index (χ3v) is 3.85. The van der Waals surface area contributed by atoms with Crippen LogP contribution in [0.25, 0.3) is 0 Å². The number of rotatable bonds is 7. The first-order valence-corrected chi connectivity index (χ1v) is 8.09. The van der Waals surface area contributed by atoms with Crippen LogP contribution in [0.5, 0.6) is 0 Å². The zero-order valence-corrected chi connectivity index (χ0v) is 13.3. The zero-order valence-electron chi connectivity index (χ0n) is 12.4. The predicted octanol–water partition coefficient (Wildman–Crippen LogP) is 2.87. The van der Waals surface area contributed by atoms with E-state index in [-0.39, 0.29) is 17.5 Å². The lowest BCUT2D eigenvalue weighted by atomic mass is 10.1. The number of hydrogen-bond donors (Lipinski definition) is 1. The SMILES string of the molecule is CCNc1ncc(F)cc1C(=O)N(C)C(CC)CSC. The molecule has 6 heteroatoms. The molecule has 0 fully saturated rings. The van der Waals surface area contributed by atoms with E-state index in [9.17, 15) is 9.18 Å². The van der Waals surface area contributed by atoms with Crippen molar-refractivity contribution >= 4 is 23.5 Å². The summed E-state index contributed by atoms with van der Waals surface area (Å²) >= 11 is 1.69. The molecule has 0 spiro atoms. The van der Waals surface area contributed by atoms with E-state index in [1.165, 1.54) is 6.07 Å². The van der Waals surface area contributed by atoms with Gasteiger partial charge in [-0.2, -0.15) is 11.8 Å². The molecule has 1 aromatic rings. The van der Waals surface area contributed by atoms with E-state index in [1.54, 1.807) is 23.7 Å². The second-order valence-electron chi connectivity index (χ2n) is 4.51. The Labute approximate surface area is 124 Å². The maximum atomic E-state index is 13.4. The Hall–Kier alpha value is -1.30. The van der Waals surface area contributed by atoms with Gasteiger partial charge >= 0.3 is 0 Å². The van der Waals surface area contributed by atoms with Crippen LogP contribution in [0.4, 0.5) is 10.2 Å². The summed E-state index contributed by atoms with van der Waals surface area (Å²) in [4.78, 5) is 18.2. The first-order valence-electron chi connectivity index (χ1n) is 6.70. The van der Waals surface area contributed by atoms with Crippen LogP contribution in [0, 0.1) is 5.82 Å². The molecule has 20 heavy (non-hydrogen) atoms. The lowest BCUT2D eigenvalue weighted by molar-refractivity contribution is 0.0743. The molecule has 0 aliphatic carbocycles. The van der Waals surface area contributed by atoms with Gasteiger partial charge in [0.1, 0.15) is 11.6 Å². The zero-order chi connectivity index (χ0) is 15.1. The topological polar surface area (TPSA) is 45.2 Å². The van der Waals surface area contributed by atoms with E-state index in [1.807, 2.05) is 20.1 Å². The average Bonchev–Trinajstić information content (AvgIpc) is 2.45. The molecule has 112 valence electrons. The van der Waals surface area contributed by atoms with Crippen LogP contribution in [-0.4, -0.2) is 47.4 Å². The largest absolute Gasteiger partial charge is 0.370 e. The molecule has 0 bridgehead atoms. The number of nitrogens with zero attached hydrogens (tertiary/aromatic N) is 2. The Balaban J connectivity index is 3.03. The summed E-state index contributed by atoms with van der Waals surface area (Å²) in [6.45, 7) is 4.58. The fraction of sp³-hybridized carbons (Fsp3) is 0.571. The molecule has 1 atom stereocenters. The van der Waals surface area contributed by atoms with Crippen molar-refractivity contribution in [1.82, 2.24) is 9.88 Å². The number of nitrogens with one attached hydrogen (secondary N) is 1. The Morgan fingerprint density at radius 1 is 1.55 bits per heavy atom. The van der Waals surface area contributed by atoms with E-state index >= 15 is 0 Å². The van der Waals surface area contributed by atoms with Crippen molar-refractivity contribution in [3.05, 3.63) is 23.6 Å². The molecule has 0 saturated carbocycles. The molecule has 0 radical (unpaired) electrons. The van der Waals surface area contributed by atoms with Crippen molar-refractivity contribution in [2.75, 3.05) is 30.9 Å². The lowest BCUT2D eigenvalue weighted by Gasteiger charge is -2.27. The third kappa shape index (κ3) is 4.10. The van der Waals surface area contributed by atoms with E-state index in [0.717, 1.165) is 18.4 Å². The fourth-order valence-electron chi connectivity index (χ4n) is 1.96. The van der Waals surface area contributed by atoms with E-state index in [4.69, 9.17) is 0 Å². The molecule has 1 amide bonds. The molecule has 1 aromatic heterocycles. The fourth-order valence-corrected chi connectivity index (χ4v) is 2.81. The highest BCUT2D eigenvalue weighted by Gasteiger charge is 2.22. The maximum Gasteiger partial charge on any atom is 0.257 e. The average molecular weight is 299 g/mol. The summed E-state index contributed by atoms with van der Waals surface area (Å²) in [5.74, 6) is 0.595. The van der Waals surface area contributed by atoms with Gasteiger partial charge in [-0.15, -0.1) is 0 Å². The number of halogens is 1. The van der Waals surface area contributed by atoms with Crippen molar-refractivity contribution in [2.24, 2.45) is 0 Å². The number of anilines is 1. The number of carbonyl (C=O) groups is 1. The van der Waals surface area contributed by atoms with E-state index in [0.29, 0.717) is 12.4 Å². The summed E-state index contributed by atoms with van der Waals surface area (Å²) in [6, 6.07) is 1.38. The Morgan fingerprint density at radius 3 is 2.80 bits per heavy atom. The van der Waals surface area contributed by atoms with Gasteiger partial charge in [0.2, 0.25) is 0 Å². The highest BCUT2D eigenvalue weighted by molar-refractivity contribution is 7.98. The molecular weight excluding hydrogens is 277 g/mol. The molecule has 1 heterocycles. The van der Waals surface area contributed by atoms with Gasteiger partial charge in [-0.1, -0.05) is 6.92 Å². The summed E-state index contributed by atoms with van der Waals surface area (Å²) in [6.07, 6.45) is 3.99. The second-order valence-corrected chi connectivity index (χ2v) is 5.42. The van der Waals surface area contributed by atoms with E-state index < -0.39 is 5.82 Å². The van der Waals surface area contributed by atoms with Gasteiger partial charge in [0.05, 0.1) is 11.8 Å². The first-order chi connectivity index (χ1) is 9.54. The van der Waals surface area contributed by atoms with Crippen molar-refractivity contribution < 1.29 is 9.18 Å². The van der Waals surface area contributed by atoms with Crippen LogP contribution in [0.1, 0.15) is 30.6 Å². The van der Waals surface area contributed by atoms with Crippen molar-refractivity contribution in [2.45, 2.75) is 26.3 Å². The smallest absolute Gasteiger partial charge is 0.257 e. The number of carbonyl (C=O) groups excluding carboxylic acids is 1. The Kier molecular flexibility index (Phi) is 6.78. The minimum Gasteiger partial charge on any atom is -0.370 e. The predicted molar refractivity (Wildman–Crippen MR) is 82.9 cm³/mol. The minimum absolute atomic E-state index is 0.134. The molecule has 1 unspecified atom stereocenters. The summed E-state index contributed by atoms with van der Waals surface area (Å²) in [7, 11) is 1.76. The van der Waals surface area contributed by atoms with Crippen LogP contribution in [0.2, 0.25) is 0 Å². The molecule has 0 saturated heterocycles. The molecule has 1 N–H and O–H groups in total. The standard InChI is InChI=1S/C14H22FN3OS/c1-5-11(9-20-4)18(3)14(19)12-7-10(15)8-17-13(12)16-6-2/h7-8,11H,5-6,9H2,1-4H3,(H,16,17). The third-order valence-electron chi connectivity index (χ3n) is 3.13. The summed E-state index contributed by atoms with van der Waals surface area (Å²) in [5.41, 5.74) is 0.286. The van der Waals surface area contributed by atoms with Crippen LogP contribution in [0.3, 0.4) is 0 Å². The quantitative estimate of drug-likeness (QED) is 0.841. The van der Waals surface area contributed by atoms with Crippen molar-refractivity contribution in [1.29, 1.82) is 0 Å². The minimum atomic E-state index is -0.499. The van der Waals surface area contributed by atoms with Gasteiger partial charge in [0.25, 0.3) is 5.91 Å². The van der Waals surface area contributed by atoms with Gasteiger partial charge in [0.15, 0.2) is 0 Å². The van der Waals surface area contributed by atoms with Gasteiger partial charge in [-0.3, -0.25) is 4.79 Å². The van der Waals surface area contributed by atoms with Crippen LogP contribution >= 0.6 is 11.8 Å². The van der Waals surface area contributed by atoms with Gasteiger partial charge in [-0.05, 0) is 25.7 Å². The number of thioether (sulfide) groups is 1. The molecule has 1 rings (SSSR count). The molecular formula is C14H22FN3OS. The number of aromatic nitrogens is 1. The highest BCUT2D eigenvalue weighted by atomic mass is 32.2. The molecule has 0 aliphatic rings. The summed E-state index contributed by atoms with van der Waals surface area (Å²) in [5, 5.41) is 3.00. The van der Waals surface area contributed by atoms with Crippen LogP contribution in [0.15, 0.2) is 12.3 Å². The van der Waals surface area contributed by atoms with Crippen molar-refractivity contribution in [3.8, 4) is 0 Å². The van der Waals surface area contributed by atoms with Gasteiger partial charge in [0, 0.05) is 25.4 Å². The maximum absolute atomic E-state index is 13.4. The van der Waals surface area contributed by atoms with Crippen molar-refractivity contribution in [3.63, 3.8) is 0 Å². The van der Waals surface area contributed by atoms with Crippen LogP contribution in [-0.2, 0) is 0 Å². The second kappa shape index (κ2) is 8.09. The van der Waals surface area contributed by atoms with Crippen LogP contribution < -0.4 is 5.32 Å². The normalized spacial score (nSPS) is 12.1. The first kappa shape index (κ1) is 16.8. The monoisotopic (exact) mass is 299 g/mol. The molecule has 0 aromatic carbocycles. The summed E-state index contributed by atoms with van der Waals surface area (Å²) < 4.78 is 13.4. The molecule has 4 nitrogen and oxygen atoms in total. The van der Waals surface area contributed by atoms with Gasteiger partial charge in [-0.25, -0.2) is 9.37 Å². The number of pyridine rings is 1. The van der Waals surface area contributed by atoms with E-state index in [2.05, 4.69) is 10.3 Å². The lowest BCUT2D eigenvalue weighted by Crippen LogP contribution is -2.38. The number of amides is 1.